The molecule has 0 saturated heterocycles. The average molecular weight is 334 g/mol. The van der Waals surface area contributed by atoms with Crippen LogP contribution in [-0.4, -0.2) is 39.1 Å². The Kier molecular flexibility index (Phi) is 3.92. The van der Waals surface area contributed by atoms with Crippen molar-refractivity contribution in [2.75, 3.05) is 13.1 Å². The van der Waals surface area contributed by atoms with Crippen molar-refractivity contribution >= 4 is 22.4 Å². The number of aromatic nitrogens is 3. The lowest BCUT2D eigenvalue weighted by molar-refractivity contribution is 0.0771. The van der Waals surface area contributed by atoms with E-state index >= 15 is 0 Å². The van der Waals surface area contributed by atoms with Gasteiger partial charge in [0.1, 0.15) is 0 Å². The molecule has 0 radical (unpaired) electrons. The van der Waals surface area contributed by atoms with Gasteiger partial charge < -0.3 is 9.88 Å². The number of carbonyl (C=O) groups excluding carboxylic acids is 1. The Morgan fingerprint density at radius 2 is 2.12 bits per heavy atom. The third-order valence-electron chi connectivity index (χ3n) is 4.91. The smallest absolute Gasteiger partial charge is 0.257 e. The molecule has 1 aromatic carbocycles. The summed E-state index contributed by atoms with van der Waals surface area (Å²) in [5.74, 6) is 0.315. The lowest BCUT2D eigenvalue weighted by atomic mass is 9.98. The number of aromatic amines is 2. The molecule has 128 valence electrons. The fraction of sp³-hybridized carbons (Fsp3) is 0.300. The van der Waals surface area contributed by atoms with Crippen LogP contribution in [0.5, 0.6) is 0 Å². The molecule has 0 atom stereocenters. The number of H-pyrrole nitrogens is 2. The summed E-state index contributed by atoms with van der Waals surface area (Å²) in [4.78, 5) is 18.0. The van der Waals surface area contributed by atoms with E-state index in [0.717, 1.165) is 24.2 Å². The molecule has 0 aliphatic carbocycles. The van der Waals surface area contributed by atoms with Crippen molar-refractivity contribution in [1.29, 1.82) is 0 Å². The molecule has 4 rings (SSSR count). The molecule has 0 bridgehead atoms. The normalized spacial score (nSPS) is 15.0. The predicted octanol–water partition coefficient (Wildman–Crippen LogP) is 3.94. The highest BCUT2D eigenvalue weighted by molar-refractivity contribution is 5.97. The lowest BCUT2D eigenvalue weighted by Crippen LogP contribution is -2.35. The Labute approximate surface area is 146 Å². The quantitative estimate of drug-likeness (QED) is 0.762. The van der Waals surface area contributed by atoms with E-state index in [0.29, 0.717) is 12.1 Å². The largest absolute Gasteiger partial charge is 0.361 e. The highest BCUT2D eigenvalue weighted by Gasteiger charge is 2.24. The Morgan fingerprint density at radius 1 is 1.28 bits per heavy atom. The SMILES string of the molecule is CC(C)c1[nH]ncc1C(=O)N1CC=C(c2c[nH]c3ccccc23)CC1. The number of para-hydroxylation sites is 1. The first kappa shape index (κ1) is 15.7. The van der Waals surface area contributed by atoms with Crippen molar-refractivity contribution in [1.82, 2.24) is 20.1 Å². The first-order valence-electron chi connectivity index (χ1n) is 8.73. The van der Waals surface area contributed by atoms with Crippen LogP contribution in [0.1, 0.15) is 47.8 Å². The summed E-state index contributed by atoms with van der Waals surface area (Å²) in [5, 5.41) is 8.26. The third-order valence-corrected chi connectivity index (χ3v) is 4.91. The molecule has 0 fully saturated rings. The fourth-order valence-electron chi connectivity index (χ4n) is 3.51. The van der Waals surface area contributed by atoms with Crippen LogP contribution in [0.2, 0.25) is 0 Å². The van der Waals surface area contributed by atoms with Crippen molar-refractivity contribution < 1.29 is 4.79 Å². The molecule has 3 heterocycles. The second-order valence-corrected chi connectivity index (χ2v) is 6.83. The summed E-state index contributed by atoms with van der Waals surface area (Å²) in [5.41, 5.74) is 5.30. The molecule has 0 spiro atoms. The van der Waals surface area contributed by atoms with Gasteiger partial charge in [-0.05, 0) is 24.0 Å². The maximum atomic E-state index is 12.8. The van der Waals surface area contributed by atoms with Gasteiger partial charge in [0.15, 0.2) is 0 Å². The Morgan fingerprint density at radius 3 is 2.88 bits per heavy atom. The minimum atomic E-state index is 0.0617. The Balaban J connectivity index is 1.56. The van der Waals surface area contributed by atoms with E-state index < -0.39 is 0 Å². The monoisotopic (exact) mass is 334 g/mol. The first-order chi connectivity index (χ1) is 12.1. The average Bonchev–Trinajstić information content (AvgIpc) is 3.28. The number of benzene rings is 1. The number of nitrogens with one attached hydrogen (secondary N) is 2. The van der Waals surface area contributed by atoms with Crippen LogP contribution in [0, 0.1) is 0 Å². The standard InChI is InChI=1S/C20H22N4O/c1-13(2)19-17(12-22-23-19)20(25)24-9-7-14(8-10-24)16-11-21-18-6-4-3-5-15(16)18/h3-7,11-13,21H,8-10H2,1-2H3,(H,22,23). The topological polar surface area (TPSA) is 64.8 Å². The minimum Gasteiger partial charge on any atom is -0.361 e. The number of fused-ring (bicyclic) bond motifs is 1. The van der Waals surface area contributed by atoms with Gasteiger partial charge in [0.25, 0.3) is 5.91 Å². The molecule has 25 heavy (non-hydrogen) atoms. The van der Waals surface area contributed by atoms with Crippen molar-refractivity contribution in [2.24, 2.45) is 0 Å². The number of amides is 1. The van der Waals surface area contributed by atoms with E-state index in [9.17, 15) is 4.79 Å². The second kappa shape index (κ2) is 6.24. The van der Waals surface area contributed by atoms with Gasteiger partial charge in [0, 0.05) is 35.8 Å². The van der Waals surface area contributed by atoms with Crippen molar-refractivity contribution in [3.63, 3.8) is 0 Å². The lowest BCUT2D eigenvalue weighted by Gasteiger charge is -2.26. The highest BCUT2D eigenvalue weighted by atomic mass is 16.2. The minimum absolute atomic E-state index is 0.0617. The van der Waals surface area contributed by atoms with Crippen molar-refractivity contribution in [3.05, 3.63) is 59.6 Å². The maximum absolute atomic E-state index is 12.8. The third kappa shape index (κ3) is 2.76. The number of rotatable bonds is 3. The molecule has 2 aromatic heterocycles. The van der Waals surface area contributed by atoms with Gasteiger partial charge in [-0.3, -0.25) is 9.89 Å². The van der Waals surface area contributed by atoms with Crippen LogP contribution < -0.4 is 0 Å². The van der Waals surface area contributed by atoms with Gasteiger partial charge in [-0.2, -0.15) is 5.10 Å². The molecule has 1 aliphatic heterocycles. The van der Waals surface area contributed by atoms with Crippen LogP contribution in [0.3, 0.4) is 0 Å². The van der Waals surface area contributed by atoms with Gasteiger partial charge in [-0.15, -0.1) is 0 Å². The fourth-order valence-corrected chi connectivity index (χ4v) is 3.51. The number of hydrogen-bond donors (Lipinski definition) is 2. The van der Waals surface area contributed by atoms with Gasteiger partial charge in [0.2, 0.25) is 0 Å². The summed E-state index contributed by atoms with van der Waals surface area (Å²) in [6.45, 7) is 5.49. The van der Waals surface area contributed by atoms with Gasteiger partial charge in [-0.1, -0.05) is 38.1 Å². The summed E-state index contributed by atoms with van der Waals surface area (Å²) in [6, 6.07) is 8.32. The number of carbonyl (C=O) groups is 1. The summed E-state index contributed by atoms with van der Waals surface area (Å²) >= 11 is 0. The maximum Gasteiger partial charge on any atom is 0.257 e. The highest BCUT2D eigenvalue weighted by Crippen LogP contribution is 2.29. The zero-order chi connectivity index (χ0) is 17.4. The number of nitrogens with zero attached hydrogens (tertiary/aromatic N) is 2. The second-order valence-electron chi connectivity index (χ2n) is 6.83. The molecule has 1 aliphatic rings. The van der Waals surface area contributed by atoms with Gasteiger partial charge in [0.05, 0.1) is 17.5 Å². The van der Waals surface area contributed by atoms with Crippen LogP contribution in [-0.2, 0) is 0 Å². The zero-order valence-corrected chi connectivity index (χ0v) is 14.5. The van der Waals surface area contributed by atoms with Gasteiger partial charge >= 0.3 is 0 Å². The molecule has 0 unspecified atom stereocenters. The molecular formula is C20H22N4O. The Hall–Kier alpha value is -2.82. The molecule has 0 saturated carbocycles. The Bertz CT molecular complexity index is 947. The van der Waals surface area contributed by atoms with E-state index in [4.69, 9.17) is 0 Å². The number of hydrogen-bond acceptors (Lipinski definition) is 2. The molecule has 5 nitrogen and oxygen atoms in total. The van der Waals surface area contributed by atoms with E-state index in [2.05, 4.69) is 59.5 Å². The van der Waals surface area contributed by atoms with Crippen molar-refractivity contribution in [3.8, 4) is 0 Å². The molecule has 5 heteroatoms. The summed E-state index contributed by atoms with van der Waals surface area (Å²) < 4.78 is 0. The molecule has 1 amide bonds. The van der Waals surface area contributed by atoms with Crippen LogP contribution in [0.15, 0.2) is 42.7 Å². The predicted molar refractivity (Wildman–Crippen MR) is 99.5 cm³/mol. The van der Waals surface area contributed by atoms with E-state index in [1.54, 1.807) is 6.20 Å². The van der Waals surface area contributed by atoms with Gasteiger partial charge in [-0.25, -0.2) is 0 Å². The molecular weight excluding hydrogens is 312 g/mol. The van der Waals surface area contributed by atoms with E-state index in [1.165, 1.54) is 16.5 Å². The summed E-state index contributed by atoms with van der Waals surface area (Å²) in [7, 11) is 0. The van der Waals surface area contributed by atoms with Crippen molar-refractivity contribution in [2.45, 2.75) is 26.2 Å². The zero-order valence-electron chi connectivity index (χ0n) is 14.5. The first-order valence-corrected chi connectivity index (χ1v) is 8.73. The van der Waals surface area contributed by atoms with E-state index in [-0.39, 0.29) is 11.8 Å². The summed E-state index contributed by atoms with van der Waals surface area (Å²) in [6.07, 6.45) is 6.76. The van der Waals surface area contributed by atoms with E-state index in [1.807, 2.05) is 11.0 Å². The molecule has 2 N–H and O–H groups in total. The van der Waals surface area contributed by atoms with Crippen LogP contribution in [0.4, 0.5) is 0 Å². The van der Waals surface area contributed by atoms with Crippen LogP contribution >= 0.6 is 0 Å². The molecule has 3 aromatic rings. The van der Waals surface area contributed by atoms with Crippen LogP contribution in [0.25, 0.3) is 16.5 Å².